The first-order chi connectivity index (χ1) is 15.5. The van der Waals surface area contributed by atoms with E-state index < -0.39 is 18.3 Å². The van der Waals surface area contributed by atoms with Crippen molar-refractivity contribution >= 4 is 6.09 Å². The molecule has 2 atom stereocenters. The fraction of sp³-hybridized carbons (Fsp3) is 0.269. The normalized spacial score (nSPS) is 14.2. The first-order valence-electron chi connectivity index (χ1n) is 10.6. The number of aryl methyl sites for hydroxylation is 1. The summed E-state index contributed by atoms with van der Waals surface area (Å²) in [5.41, 5.74) is 5.99. The van der Waals surface area contributed by atoms with Crippen LogP contribution in [-0.2, 0) is 4.74 Å². The number of hydrogen-bond acceptors (Lipinski definition) is 5. The number of carbonyl (C=O) groups is 1. The van der Waals surface area contributed by atoms with Gasteiger partial charge >= 0.3 is 6.09 Å². The third kappa shape index (κ3) is 4.47. The van der Waals surface area contributed by atoms with E-state index in [-0.39, 0.29) is 19.1 Å². The zero-order valence-corrected chi connectivity index (χ0v) is 18.1. The number of aliphatic hydroxyl groups excluding tert-OH is 2. The summed E-state index contributed by atoms with van der Waals surface area (Å²) >= 11 is 0. The Kier molecular flexibility index (Phi) is 6.44. The molecule has 6 nitrogen and oxygen atoms in total. The molecule has 3 aromatic rings. The number of ether oxygens (including phenoxy) is 2. The Balaban J connectivity index is 1.34. The zero-order valence-electron chi connectivity index (χ0n) is 18.1. The minimum absolute atomic E-state index is 0.0385. The van der Waals surface area contributed by atoms with E-state index in [0.29, 0.717) is 11.3 Å². The van der Waals surface area contributed by atoms with Gasteiger partial charge < -0.3 is 25.0 Å². The first kappa shape index (κ1) is 21.9. The number of nitrogens with one attached hydrogen (secondary N) is 1. The van der Waals surface area contributed by atoms with Gasteiger partial charge in [0.15, 0.2) is 0 Å². The molecule has 32 heavy (non-hydrogen) atoms. The number of benzene rings is 3. The quantitative estimate of drug-likeness (QED) is 0.525. The molecule has 0 spiro atoms. The van der Waals surface area contributed by atoms with Crippen LogP contribution in [0.4, 0.5) is 4.79 Å². The summed E-state index contributed by atoms with van der Waals surface area (Å²) in [5.74, 6) is 0.555. The summed E-state index contributed by atoms with van der Waals surface area (Å²) in [6, 6.07) is 21.5. The molecule has 0 saturated heterocycles. The predicted octanol–water partition coefficient (Wildman–Crippen LogP) is 3.94. The lowest BCUT2D eigenvalue weighted by Crippen LogP contribution is -2.36. The largest absolute Gasteiger partial charge is 0.497 e. The summed E-state index contributed by atoms with van der Waals surface area (Å²) in [5, 5.41) is 23.4. The highest BCUT2D eigenvalue weighted by Gasteiger charge is 2.29. The second-order valence-corrected chi connectivity index (χ2v) is 8.00. The zero-order chi connectivity index (χ0) is 22.7. The highest BCUT2D eigenvalue weighted by Crippen LogP contribution is 2.44. The molecule has 1 aliphatic rings. The number of amides is 1. The van der Waals surface area contributed by atoms with Crippen molar-refractivity contribution in [3.05, 3.63) is 89.0 Å². The van der Waals surface area contributed by atoms with Crippen molar-refractivity contribution in [2.75, 3.05) is 20.3 Å². The number of methoxy groups -OCH3 is 1. The monoisotopic (exact) mass is 433 g/mol. The van der Waals surface area contributed by atoms with E-state index in [0.717, 1.165) is 27.8 Å². The van der Waals surface area contributed by atoms with Crippen LogP contribution in [0, 0.1) is 6.92 Å². The molecule has 2 unspecified atom stereocenters. The van der Waals surface area contributed by atoms with E-state index in [9.17, 15) is 15.0 Å². The number of fused-ring (bicyclic) bond motifs is 3. The Bertz CT molecular complexity index is 1070. The van der Waals surface area contributed by atoms with Crippen LogP contribution in [-0.4, -0.2) is 42.7 Å². The molecule has 4 rings (SSSR count). The van der Waals surface area contributed by atoms with Crippen LogP contribution in [0.1, 0.15) is 34.3 Å². The minimum atomic E-state index is -1.19. The van der Waals surface area contributed by atoms with Gasteiger partial charge in [0.1, 0.15) is 24.6 Å². The summed E-state index contributed by atoms with van der Waals surface area (Å²) in [6.07, 6.45) is -3.00. The SMILES string of the molecule is COc1cc(C)cc(C(O)C(O)CNC(=O)OCC2c3ccccc3-c3ccccc32)c1. The number of alkyl carbamates (subject to hydrolysis) is 1. The molecule has 0 bridgehead atoms. The van der Waals surface area contributed by atoms with Crippen molar-refractivity contribution in [3.63, 3.8) is 0 Å². The summed E-state index contributed by atoms with van der Waals surface area (Å²) in [6.45, 7) is 1.92. The van der Waals surface area contributed by atoms with Crippen LogP contribution < -0.4 is 10.1 Å². The standard InChI is InChI=1S/C26H27NO5/c1-16-11-17(13-18(12-16)31-2)25(29)24(28)14-27-26(30)32-15-23-21-9-5-3-7-19(21)20-8-4-6-10-22(20)23/h3-13,23-25,28-29H,14-15H2,1-2H3,(H,27,30). The van der Waals surface area contributed by atoms with E-state index >= 15 is 0 Å². The van der Waals surface area contributed by atoms with E-state index in [1.807, 2.05) is 37.3 Å². The van der Waals surface area contributed by atoms with Crippen molar-refractivity contribution in [1.82, 2.24) is 5.32 Å². The van der Waals surface area contributed by atoms with Gasteiger partial charge in [0.2, 0.25) is 0 Å². The van der Waals surface area contributed by atoms with Crippen molar-refractivity contribution in [1.29, 1.82) is 0 Å². The fourth-order valence-electron chi connectivity index (χ4n) is 4.24. The molecule has 0 aliphatic heterocycles. The molecule has 0 aromatic heterocycles. The Hall–Kier alpha value is -3.35. The van der Waals surface area contributed by atoms with Crippen LogP contribution >= 0.6 is 0 Å². The highest BCUT2D eigenvalue weighted by molar-refractivity contribution is 5.79. The average Bonchev–Trinajstić information content (AvgIpc) is 3.14. The van der Waals surface area contributed by atoms with Crippen LogP contribution in [0.15, 0.2) is 66.7 Å². The number of carbonyl (C=O) groups excluding carboxylic acids is 1. The fourth-order valence-corrected chi connectivity index (χ4v) is 4.24. The molecule has 3 N–H and O–H groups in total. The summed E-state index contributed by atoms with van der Waals surface area (Å²) in [7, 11) is 1.54. The minimum Gasteiger partial charge on any atom is -0.497 e. The van der Waals surface area contributed by atoms with Crippen molar-refractivity contribution < 1.29 is 24.5 Å². The summed E-state index contributed by atoms with van der Waals surface area (Å²) in [4.78, 5) is 12.3. The van der Waals surface area contributed by atoms with Crippen molar-refractivity contribution in [3.8, 4) is 16.9 Å². The van der Waals surface area contributed by atoms with Crippen molar-refractivity contribution in [2.45, 2.75) is 25.0 Å². The molecular formula is C26H27NO5. The maximum Gasteiger partial charge on any atom is 0.407 e. The van der Waals surface area contributed by atoms with Crippen molar-refractivity contribution in [2.24, 2.45) is 0 Å². The third-order valence-electron chi connectivity index (χ3n) is 5.81. The Labute approximate surface area is 187 Å². The summed E-state index contributed by atoms with van der Waals surface area (Å²) < 4.78 is 10.7. The van der Waals surface area contributed by atoms with Crippen LogP contribution in [0.3, 0.4) is 0 Å². The maximum atomic E-state index is 12.3. The lowest BCUT2D eigenvalue weighted by atomic mass is 9.98. The van der Waals surface area contributed by atoms with Gasteiger partial charge in [-0.25, -0.2) is 4.79 Å². The molecule has 0 heterocycles. The van der Waals surface area contributed by atoms with Gasteiger partial charge in [-0.05, 0) is 52.4 Å². The highest BCUT2D eigenvalue weighted by atomic mass is 16.5. The van der Waals surface area contributed by atoms with Crippen LogP contribution in [0.5, 0.6) is 5.75 Å². The van der Waals surface area contributed by atoms with E-state index in [1.165, 1.54) is 0 Å². The van der Waals surface area contributed by atoms with E-state index in [1.54, 1.807) is 19.2 Å². The number of rotatable bonds is 7. The van der Waals surface area contributed by atoms with Gasteiger partial charge in [-0.2, -0.15) is 0 Å². The van der Waals surface area contributed by atoms with E-state index in [2.05, 4.69) is 29.6 Å². The molecule has 1 aliphatic carbocycles. The predicted molar refractivity (Wildman–Crippen MR) is 122 cm³/mol. The van der Waals surface area contributed by atoms with E-state index in [4.69, 9.17) is 9.47 Å². The molecule has 0 radical (unpaired) electrons. The van der Waals surface area contributed by atoms with Gasteiger partial charge in [0.25, 0.3) is 0 Å². The first-order valence-corrected chi connectivity index (χ1v) is 10.6. The second-order valence-electron chi connectivity index (χ2n) is 8.00. The second kappa shape index (κ2) is 9.42. The molecular weight excluding hydrogens is 406 g/mol. The van der Waals surface area contributed by atoms with Gasteiger partial charge in [0, 0.05) is 12.5 Å². The smallest absolute Gasteiger partial charge is 0.407 e. The average molecular weight is 434 g/mol. The Morgan fingerprint density at radius 3 is 2.25 bits per heavy atom. The van der Waals surface area contributed by atoms with Crippen LogP contribution in [0.2, 0.25) is 0 Å². The van der Waals surface area contributed by atoms with Crippen LogP contribution in [0.25, 0.3) is 11.1 Å². The van der Waals surface area contributed by atoms with Gasteiger partial charge in [-0.15, -0.1) is 0 Å². The Morgan fingerprint density at radius 2 is 1.62 bits per heavy atom. The third-order valence-corrected chi connectivity index (χ3v) is 5.81. The Morgan fingerprint density at radius 1 is 1.00 bits per heavy atom. The molecule has 3 aromatic carbocycles. The maximum absolute atomic E-state index is 12.3. The molecule has 6 heteroatoms. The van der Waals surface area contributed by atoms with Gasteiger partial charge in [-0.1, -0.05) is 54.6 Å². The van der Waals surface area contributed by atoms with Gasteiger partial charge in [0.05, 0.1) is 7.11 Å². The number of aliphatic hydroxyl groups is 2. The molecule has 166 valence electrons. The molecule has 1 amide bonds. The van der Waals surface area contributed by atoms with Gasteiger partial charge in [-0.3, -0.25) is 0 Å². The number of hydrogen-bond donors (Lipinski definition) is 3. The lowest BCUT2D eigenvalue weighted by Gasteiger charge is -2.20. The molecule has 0 saturated carbocycles. The lowest BCUT2D eigenvalue weighted by molar-refractivity contribution is 0.0184. The topological polar surface area (TPSA) is 88.0 Å². The molecule has 0 fully saturated rings.